The topological polar surface area (TPSA) is 65.8 Å². The third kappa shape index (κ3) is 3.85. The van der Waals surface area contributed by atoms with E-state index in [0.29, 0.717) is 43.2 Å². The van der Waals surface area contributed by atoms with Crippen LogP contribution in [0.4, 0.5) is 0 Å². The smallest absolute Gasteiger partial charge is 0.270 e. The van der Waals surface area contributed by atoms with Gasteiger partial charge in [-0.25, -0.2) is 0 Å². The minimum absolute atomic E-state index is 0.0215. The number of nitrogens with zero attached hydrogens (tertiary/aromatic N) is 3. The zero-order valence-corrected chi connectivity index (χ0v) is 15.5. The van der Waals surface area contributed by atoms with Crippen LogP contribution in [0.5, 0.6) is 0 Å². The monoisotopic (exact) mass is 367 g/mol. The van der Waals surface area contributed by atoms with E-state index in [1.165, 1.54) is 0 Å². The summed E-state index contributed by atoms with van der Waals surface area (Å²) in [6, 6.07) is 1.71. The summed E-state index contributed by atoms with van der Waals surface area (Å²) in [5, 5.41) is 9.59. The summed E-state index contributed by atoms with van der Waals surface area (Å²) >= 11 is 5.99. The molecule has 2 fully saturated rings. The number of aromatic nitrogens is 1. The summed E-state index contributed by atoms with van der Waals surface area (Å²) in [4.78, 5) is 28.6. The first-order valence-corrected chi connectivity index (χ1v) is 9.32. The van der Waals surface area contributed by atoms with Crippen LogP contribution in [-0.2, 0) is 11.8 Å². The van der Waals surface area contributed by atoms with Crippen molar-refractivity contribution in [2.24, 2.45) is 12.5 Å². The van der Waals surface area contributed by atoms with Crippen molar-refractivity contribution in [2.75, 3.05) is 32.8 Å². The molecule has 0 unspecified atom stereocenters. The molecule has 0 aliphatic carbocycles. The van der Waals surface area contributed by atoms with Gasteiger partial charge in [0.1, 0.15) is 5.69 Å². The first kappa shape index (κ1) is 18.3. The molecule has 2 aliphatic rings. The quantitative estimate of drug-likeness (QED) is 0.884. The molecule has 6 nitrogen and oxygen atoms in total. The van der Waals surface area contributed by atoms with Crippen LogP contribution in [0.15, 0.2) is 12.3 Å². The number of carbonyl (C=O) groups is 2. The van der Waals surface area contributed by atoms with Gasteiger partial charge in [0.05, 0.1) is 5.02 Å². The zero-order chi connectivity index (χ0) is 18.0. The molecule has 3 rings (SSSR count). The molecule has 1 N–H and O–H groups in total. The van der Waals surface area contributed by atoms with Crippen LogP contribution in [0.25, 0.3) is 0 Å². The number of hydrogen-bond acceptors (Lipinski definition) is 3. The second-order valence-corrected chi connectivity index (χ2v) is 7.78. The summed E-state index contributed by atoms with van der Waals surface area (Å²) in [5.41, 5.74) is 0.732. The Balaban J connectivity index is 1.62. The molecule has 2 amide bonds. The maximum absolute atomic E-state index is 12.7. The van der Waals surface area contributed by atoms with Crippen molar-refractivity contribution >= 4 is 23.4 Å². The Labute approximate surface area is 153 Å². The number of amides is 2. The van der Waals surface area contributed by atoms with Crippen LogP contribution in [0.2, 0.25) is 5.02 Å². The molecule has 0 bridgehead atoms. The highest BCUT2D eigenvalue weighted by molar-refractivity contribution is 6.31. The van der Waals surface area contributed by atoms with Gasteiger partial charge >= 0.3 is 0 Å². The van der Waals surface area contributed by atoms with Gasteiger partial charge in [-0.15, -0.1) is 0 Å². The van der Waals surface area contributed by atoms with E-state index in [1.54, 1.807) is 16.8 Å². The second kappa shape index (κ2) is 7.38. The van der Waals surface area contributed by atoms with Crippen molar-refractivity contribution in [2.45, 2.75) is 32.1 Å². The van der Waals surface area contributed by atoms with Gasteiger partial charge in [-0.2, -0.15) is 0 Å². The number of aryl methyl sites for hydroxylation is 1. The van der Waals surface area contributed by atoms with Gasteiger partial charge in [0.25, 0.3) is 5.91 Å². The average molecular weight is 368 g/mol. The molecule has 0 radical (unpaired) electrons. The van der Waals surface area contributed by atoms with Crippen molar-refractivity contribution in [1.29, 1.82) is 0 Å². The van der Waals surface area contributed by atoms with Crippen molar-refractivity contribution in [3.63, 3.8) is 0 Å². The SMILES string of the molecule is Cn1cc(Cl)cc1C(=O)N1CCC2(CCC(=O)N(CCCO)C2)CC1. The Morgan fingerprint density at radius 1 is 1.32 bits per heavy atom. The van der Waals surface area contributed by atoms with Crippen LogP contribution < -0.4 is 0 Å². The molecule has 7 heteroatoms. The summed E-state index contributed by atoms with van der Waals surface area (Å²) in [6.07, 6.45) is 5.68. The van der Waals surface area contributed by atoms with E-state index in [0.717, 1.165) is 25.8 Å². The van der Waals surface area contributed by atoms with Gasteiger partial charge < -0.3 is 19.5 Å². The molecule has 25 heavy (non-hydrogen) atoms. The van der Waals surface area contributed by atoms with Crippen LogP contribution in [-0.4, -0.2) is 64.1 Å². The lowest BCUT2D eigenvalue weighted by molar-refractivity contribution is -0.139. The van der Waals surface area contributed by atoms with Gasteiger partial charge in [0.15, 0.2) is 0 Å². The molecule has 0 aromatic carbocycles. The highest BCUT2D eigenvalue weighted by atomic mass is 35.5. The number of aliphatic hydroxyl groups is 1. The van der Waals surface area contributed by atoms with Crippen molar-refractivity contribution in [3.05, 3.63) is 23.0 Å². The average Bonchev–Trinajstić information content (AvgIpc) is 2.94. The van der Waals surface area contributed by atoms with E-state index < -0.39 is 0 Å². The van der Waals surface area contributed by atoms with Crippen LogP contribution in [0, 0.1) is 5.41 Å². The fourth-order valence-electron chi connectivity index (χ4n) is 4.06. The molecule has 0 saturated carbocycles. The fourth-order valence-corrected chi connectivity index (χ4v) is 4.31. The minimum Gasteiger partial charge on any atom is -0.396 e. The second-order valence-electron chi connectivity index (χ2n) is 7.34. The largest absolute Gasteiger partial charge is 0.396 e. The molecule has 1 aromatic heterocycles. The maximum Gasteiger partial charge on any atom is 0.270 e. The van der Waals surface area contributed by atoms with Crippen molar-refractivity contribution < 1.29 is 14.7 Å². The predicted octanol–water partition coefficient (Wildman–Crippen LogP) is 1.91. The van der Waals surface area contributed by atoms with Gasteiger partial charge in [-0.3, -0.25) is 9.59 Å². The van der Waals surface area contributed by atoms with Gasteiger partial charge in [0, 0.05) is 52.5 Å². The van der Waals surface area contributed by atoms with Gasteiger partial charge in [-0.1, -0.05) is 11.6 Å². The lowest BCUT2D eigenvalue weighted by atomic mass is 9.72. The van der Waals surface area contributed by atoms with Crippen LogP contribution >= 0.6 is 11.6 Å². The Kier molecular flexibility index (Phi) is 5.39. The molecule has 2 aliphatic heterocycles. The first-order valence-electron chi connectivity index (χ1n) is 8.94. The Morgan fingerprint density at radius 2 is 2.04 bits per heavy atom. The number of aliphatic hydroxyl groups excluding tert-OH is 1. The molecule has 138 valence electrons. The predicted molar refractivity (Wildman–Crippen MR) is 95.5 cm³/mol. The zero-order valence-electron chi connectivity index (χ0n) is 14.7. The van der Waals surface area contributed by atoms with E-state index in [2.05, 4.69) is 0 Å². The highest BCUT2D eigenvalue weighted by Gasteiger charge is 2.41. The fraction of sp³-hybridized carbons (Fsp3) is 0.667. The number of carbonyl (C=O) groups excluding carboxylic acids is 2. The lowest BCUT2D eigenvalue weighted by Crippen LogP contribution is -2.52. The van der Waals surface area contributed by atoms with E-state index in [-0.39, 0.29) is 23.8 Å². The van der Waals surface area contributed by atoms with E-state index in [4.69, 9.17) is 16.7 Å². The van der Waals surface area contributed by atoms with E-state index in [1.807, 2.05) is 16.8 Å². The minimum atomic E-state index is 0.0215. The third-order valence-electron chi connectivity index (χ3n) is 5.64. The number of likely N-dealkylation sites (tertiary alicyclic amines) is 2. The molecular formula is C18H26ClN3O3. The highest BCUT2D eigenvalue weighted by Crippen LogP contribution is 2.40. The van der Waals surface area contributed by atoms with Crippen molar-refractivity contribution in [3.8, 4) is 0 Å². The van der Waals surface area contributed by atoms with Crippen LogP contribution in [0.1, 0.15) is 42.6 Å². The van der Waals surface area contributed by atoms with Crippen molar-refractivity contribution in [1.82, 2.24) is 14.4 Å². The van der Waals surface area contributed by atoms with E-state index in [9.17, 15) is 9.59 Å². The summed E-state index contributed by atoms with van der Waals surface area (Å²) in [6.45, 7) is 2.91. The van der Waals surface area contributed by atoms with E-state index >= 15 is 0 Å². The number of piperidine rings is 2. The standard InChI is InChI=1S/C18H26ClN3O3/c1-20-12-14(19)11-15(20)17(25)21-8-5-18(6-9-21)4-3-16(24)22(13-18)7-2-10-23/h11-12,23H,2-10,13H2,1H3. The Morgan fingerprint density at radius 3 is 2.64 bits per heavy atom. The molecule has 0 atom stereocenters. The van der Waals surface area contributed by atoms with Crippen LogP contribution in [0.3, 0.4) is 0 Å². The molecule has 3 heterocycles. The third-order valence-corrected chi connectivity index (χ3v) is 5.84. The molecular weight excluding hydrogens is 342 g/mol. The Hall–Kier alpha value is -1.53. The van der Waals surface area contributed by atoms with Gasteiger partial charge in [0.2, 0.25) is 5.91 Å². The maximum atomic E-state index is 12.7. The Bertz CT molecular complexity index is 650. The lowest BCUT2D eigenvalue weighted by Gasteiger charge is -2.47. The summed E-state index contributed by atoms with van der Waals surface area (Å²) in [5.74, 6) is 0.212. The molecule has 1 aromatic rings. The molecule has 1 spiro atoms. The molecule has 2 saturated heterocycles. The summed E-state index contributed by atoms with van der Waals surface area (Å²) in [7, 11) is 1.83. The van der Waals surface area contributed by atoms with Gasteiger partial charge in [-0.05, 0) is 37.2 Å². The normalized spacial score (nSPS) is 20.4. The number of halogens is 1. The number of hydrogen-bond donors (Lipinski definition) is 1. The summed E-state index contributed by atoms with van der Waals surface area (Å²) < 4.78 is 1.77. The number of rotatable bonds is 4. The first-order chi connectivity index (χ1) is 11.9.